The second-order valence-corrected chi connectivity index (χ2v) is 5.05. The maximum Gasteiger partial charge on any atom is 0.254 e. The molecule has 0 unspecified atom stereocenters. The highest BCUT2D eigenvalue weighted by molar-refractivity contribution is 5.95. The van der Waals surface area contributed by atoms with E-state index in [-0.39, 0.29) is 30.7 Å². The van der Waals surface area contributed by atoms with E-state index in [2.05, 4.69) is 18.7 Å². The quantitative estimate of drug-likeness (QED) is 0.851. The lowest BCUT2D eigenvalue weighted by molar-refractivity contribution is 0.0595. The molecule has 1 aromatic carbocycles. The molecule has 2 N–H and O–H groups in total. The highest BCUT2D eigenvalue weighted by Gasteiger charge is 2.23. The van der Waals surface area contributed by atoms with E-state index in [9.17, 15) is 4.79 Å². The van der Waals surface area contributed by atoms with Crippen molar-refractivity contribution in [3.8, 4) is 0 Å². The van der Waals surface area contributed by atoms with Crippen molar-refractivity contribution in [3.05, 3.63) is 29.8 Å². The van der Waals surface area contributed by atoms with Crippen LogP contribution in [-0.4, -0.2) is 47.9 Å². The maximum atomic E-state index is 12.3. The molecule has 6 heteroatoms. The van der Waals surface area contributed by atoms with Crippen molar-refractivity contribution in [1.29, 1.82) is 0 Å². The molecule has 1 aliphatic heterocycles. The number of nitrogens with zero attached hydrogens (tertiary/aromatic N) is 2. The van der Waals surface area contributed by atoms with Crippen LogP contribution in [0.25, 0.3) is 0 Å². The van der Waals surface area contributed by atoms with Gasteiger partial charge in [-0.05, 0) is 32.0 Å². The molecule has 2 rings (SSSR count). The van der Waals surface area contributed by atoms with Crippen molar-refractivity contribution in [3.63, 3.8) is 0 Å². The largest absolute Gasteiger partial charge is 0.399 e. The average molecular weight is 320 g/mol. The summed E-state index contributed by atoms with van der Waals surface area (Å²) in [7, 11) is 0. The molecule has 114 valence electrons. The minimum atomic E-state index is 0. The number of halogens is 2. The van der Waals surface area contributed by atoms with Crippen LogP contribution in [0.2, 0.25) is 0 Å². The lowest BCUT2D eigenvalue weighted by Crippen LogP contribution is -2.50. The lowest BCUT2D eigenvalue weighted by atomic mass is 10.1. The van der Waals surface area contributed by atoms with Crippen molar-refractivity contribution in [1.82, 2.24) is 9.80 Å². The Labute approximate surface area is 133 Å². The van der Waals surface area contributed by atoms with Gasteiger partial charge < -0.3 is 10.6 Å². The molecule has 1 amide bonds. The molecule has 1 aromatic rings. The van der Waals surface area contributed by atoms with Crippen LogP contribution in [0.1, 0.15) is 24.2 Å². The molecule has 0 bridgehead atoms. The van der Waals surface area contributed by atoms with Gasteiger partial charge in [-0.25, -0.2) is 0 Å². The van der Waals surface area contributed by atoms with Gasteiger partial charge in [-0.1, -0.05) is 6.07 Å². The van der Waals surface area contributed by atoms with Crippen LogP contribution in [0.4, 0.5) is 5.69 Å². The molecule has 0 atom stereocenters. The Balaban J connectivity index is 0.00000180. The van der Waals surface area contributed by atoms with Gasteiger partial charge >= 0.3 is 0 Å². The van der Waals surface area contributed by atoms with E-state index in [0.717, 1.165) is 26.2 Å². The number of carbonyl (C=O) groups is 1. The van der Waals surface area contributed by atoms with Crippen LogP contribution in [0.3, 0.4) is 0 Å². The second-order valence-electron chi connectivity index (χ2n) is 5.05. The Morgan fingerprint density at radius 3 is 2.25 bits per heavy atom. The number of nitrogen functional groups attached to an aromatic ring is 1. The number of hydrogen-bond donors (Lipinski definition) is 1. The monoisotopic (exact) mass is 319 g/mol. The van der Waals surface area contributed by atoms with Gasteiger partial charge in [0, 0.05) is 43.5 Å². The number of rotatable bonds is 2. The first kappa shape index (κ1) is 19.0. The average Bonchev–Trinajstić information content (AvgIpc) is 2.38. The second kappa shape index (κ2) is 8.35. The van der Waals surface area contributed by atoms with Crippen LogP contribution < -0.4 is 5.73 Å². The highest BCUT2D eigenvalue weighted by Crippen LogP contribution is 2.12. The standard InChI is InChI=1S/C14H21N3O.2ClH/c1-11(2)16-6-8-17(9-7-16)14(18)12-4-3-5-13(15)10-12;;/h3-5,10-11H,6-9,15H2,1-2H3;2*1H. The van der Waals surface area contributed by atoms with E-state index in [4.69, 9.17) is 5.73 Å². The van der Waals surface area contributed by atoms with Gasteiger partial charge in [0.25, 0.3) is 5.91 Å². The molecule has 0 saturated carbocycles. The molecule has 0 radical (unpaired) electrons. The first-order chi connectivity index (χ1) is 8.58. The van der Waals surface area contributed by atoms with Gasteiger partial charge in [-0.15, -0.1) is 24.8 Å². The zero-order valence-corrected chi connectivity index (χ0v) is 13.5. The van der Waals surface area contributed by atoms with Gasteiger partial charge in [-0.2, -0.15) is 0 Å². The topological polar surface area (TPSA) is 49.6 Å². The number of carbonyl (C=O) groups excluding carboxylic acids is 1. The normalized spacial score (nSPS) is 15.4. The molecule has 1 heterocycles. The van der Waals surface area contributed by atoms with Gasteiger partial charge in [0.05, 0.1) is 0 Å². The Kier molecular flexibility index (Phi) is 7.94. The molecular weight excluding hydrogens is 297 g/mol. The zero-order valence-electron chi connectivity index (χ0n) is 11.9. The van der Waals surface area contributed by atoms with E-state index >= 15 is 0 Å². The number of anilines is 1. The number of nitrogens with two attached hydrogens (primary N) is 1. The van der Waals surface area contributed by atoms with Gasteiger partial charge in [-0.3, -0.25) is 9.69 Å². The minimum absolute atomic E-state index is 0. The predicted octanol–water partition coefficient (Wildman–Crippen LogP) is 2.28. The summed E-state index contributed by atoms with van der Waals surface area (Å²) >= 11 is 0. The van der Waals surface area contributed by atoms with Crippen LogP contribution in [0, 0.1) is 0 Å². The van der Waals surface area contributed by atoms with E-state index in [1.165, 1.54) is 0 Å². The Morgan fingerprint density at radius 1 is 1.15 bits per heavy atom. The van der Waals surface area contributed by atoms with Crippen LogP contribution in [0.5, 0.6) is 0 Å². The fourth-order valence-electron chi connectivity index (χ4n) is 2.30. The van der Waals surface area contributed by atoms with E-state index < -0.39 is 0 Å². The third-order valence-electron chi connectivity index (χ3n) is 3.47. The summed E-state index contributed by atoms with van der Waals surface area (Å²) in [5.41, 5.74) is 7.04. The summed E-state index contributed by atoms with van der Waals surface area (Å²) in [6, 6.07) is 7.75. The minimum Gasteiger partial charge on any atom is -0.399 e. The summed E-state index contributed by atoms with van der Waals surface area (Å²) < 4.78 is 0. The third kappa shape index (κ3) is 4.54. The molecule has 0 aliphatic carbocycles. The van der Waals surface area contributed by atoms with E-state index in [1.54, 1.807) is 12.1 Å². The maximum absolute atomic E-state index is 12.3. The number of amides is 1. The summed E-state index contributed by atoms with van der Waals surface area (Å²) in [5, 5.41) is 0. The van der Waals surface area contributed by atoms with Gasteiger partial charge in [0.15, 0.2) is 0 Å². The van der Waals surface area contributed by atoms with Crippen molar-refractivity contribution in [2.24, 2.45) is 0 Å². The summed E-state index contributed by atoms with van der Waals surface area (Å²) in [5.74, 6) is 0.0886. The number of piperazine rings is 1. The molecule has 0 spiro atoms. The third-order valence-corrected chi connectivity index (χ3v) is 3.47. The predicted molar refractivity (Wildman–Crippen MR) is 88.0 cm³/mol. The molecule has 1 aliphatic rings. The molecule has 4 nitrogen and oxygen atoms in total. The van der Waals surface area contributed by atoms with Crippen molar-refractivity contribution < 1.29 is 4.79 Å². The molecule has 1 fully saturated rings. The Morgan fingerprint density at radius 2 is 1.75 bits per heavy atom. The molecular formula is C14H23Cl2N3O. The first-order valence-electron chi connectivity index (χ1n) is 6.47. The van der Waals surface area contributed by atoms with Crippen molar-refractivity contribution in [2.75, 3.05) is 31.9 Å². The van der Waals surface area contributed by atoms with E-state index in [0.29, 0.717) is 17.3 Å². The van der Waals surface area contributed by atoms with E-state index in [1.807, 2.05) is 17.0 Å². The Bertz CT molecular complexity index is 432. The highest BCUT2D eigenvalue weighted by atomic mass is 35.5. The molecule has 0 aromatic heterocycles. The van der Waals surface area contributed by atoms with Crippen LogP contribution >= 0.6 is 24.8 Å². The first-order valence-corrected chi connectivity index (χ1v) is 6.47. The van der Waals surface area contributed by atoms with Gasteiger partial charge in [0.1, 0.15) is 0 Å². The van der Waals surface area contributed by atoms with Crippen molar-refractivity contribution in [2.45, 2.75) is 19.9 Å². The summed E-state index contributed by atoms with van der Waals surface area (Å²) in [6.45, 7) is 7.87. The smallest absolute Gasteiger partial charge is 0.254 e. The SMILES string of the molecule is CC(C)N1CCN(C(=O)c2cccc(N)c2)CC1.Cl.Cl. The number of benzene rings is 1. The van der Waals surface area contributed by atoms with Crippen LogP contribution in [-0.2, 0) is 0 Å². The Hall–Kier alpha value is -0.970. The number of hydrogen-bond acceptors (Lipinski definition) is 3. The summed E-state index contributed by atoms with van der Waals surface area (Å²) in [6.07, 6.45) is 0. The van der Waals surface area contributed by atoms with Crippen molar-refractivity contribution >= 4 is 36.4 Å². The summed E-state index contributed by atoms with van der Waals surface area (Å²) in [4.78, 5) is 16.6. The molecule has 1 saturated heterocycles. The van der Waals surface area contributed by atoms with Crippen LogP contribution in [0.15, 0.2) is 24.3 Å². The lowest BCUT2D eigenvalue weighted by Gasteiger charge is -2.37. The zero-order chi connectivity index (χ0) is 13.1. The fourth-order valence-corrected chi connectivity index (χ4v) is 2.30. The van der Waals surface area contributed by atoms with Gasteiger partial charge in [0.2, 0.25) is 0 Å². The fraction of sp³-hybridized carbons (Fsp3) is 0.500. The molecule has 20 heavy (non-hydrogen) atoms.